The Morgan fingerprint density at radius 2 is 1.72 bits per heavy atom. The molecular formula is C21H27Cl2F2N3O. The van der Waals surface area contributed by atoms with Gasteiger partial charge < -0.3 is 11.1 Å². The van der Waals surface area contributed by atoms with Gasteiger partial charge in [-0.25, -0.2) is 8.78 Å². The third-order valence-corrected chi connectivity index (χ3v) is 5.16. The fraction of sp³-hybridized carbons (Fsp3) is 0.381. The van der Waals surface area contributed by atoms with Crippen LogP contribution < -0.4 is 11.1 Å². The van der Waals surface area contributed by atoms with Gasteiger partial charge in [-0.15, -0.1) is 24.8 Å². The van der Waals surface area contributed by atoms with Crippen molar-refractivity contribution in [3.63, 3.8) is 0 Å². The minimum absolute atomic E-state index is 0. The average Bonchev–Trinajstić information content (AvgIpc) is 2.67. The summed E-state index contributed by atoms with van der Waals surface area (Å²) in [6.45, 7) is 3.83. The molecule has 0 aliphatic carbocycles. The first kappa shape index (κ1) is 25.3. The second kappa shape index (κ2) is 10.9. The van der Waals surface area contributed by atoms with E-state index in [9.17, 15) is 13.6 Å². The van der Waals surface area contributed by atoms with E-state index in [1.807, 2.05) is 30.3 Å². The van der Waals surface area contributed by atoms with Gasteiger partial charge in [-0.05, 0) is 43.0 Å². The number of amides is 1. The van der Waals surface area contributed by atoms with Crippen molar-refractivity contribution in [1.29, 1.82) is 0 Å². The van der Waals surface area contributed by atoms with E-state index in [1.54, 1.807) is 13.0 Å². The van der Waals surface area contributed by atoms with Crippen LogP contribution in [-0.4, -0.2) is 29.9 Å². The number of benzene rings is 2. The van der Waals surface area contributed by atoms with Gasteiger partial charge in [-0.3, -0.25) is 9.69 Å². The number of nitrogens with zero attached hydrogens (tertiary/aromatic N) is 1. The normalized spacial score (nSPS) is 16.8. The van der Waals surface area contributed by atoms with E-state index in [2.05, 4.69) is 10.2 Å². The maximum Gasteiger partial charge on any atom is 0.244 e. The van der Waals surface area contributed by atoms with Gasteiger partial charge in [-0.1, -0.05) is 36.4 Å². The molecule has 3 N–H and O–H groups in total. The summed E-state index contributed by atoms with van der Waals surface area (Å²) < 4.78 is 26.4. The molecule has 8 heteroatoms. The molecule has 2 aromatic carbocycles. The molecule has 1 unspecified atom stereocenters. The Morgan fingerprint density at radius 3 is 2.31 bits per heavy atom. The van der Waals surface area contributed by atoms with E-state index < -0.39 is 17.2 Å². The molecule has 0 aromatic heterocycles. The zero-order valence-electron chi connectivity index (χ0n) is 16.2. The molecule has 0 spiro atoms. The summed E-state index contributed by atoms with van der Waals surface area (Å²) >= 11 is 0. The smallest absolute Gasteiger partial charge is 0.244 e. The molecule has 1 heterocycles. The molecule has 160 valence electrons. The van der Waals surface area contributed by atoms with E-state index in [0.717, 1.165) is 43.1 Å². The lowest BCUT2D eigenvalue weighted by atomic mass is 9.91. The third-order valence-electron chi connectivity index (χ3n) is 5.16. The third kappa shape index (κ3) is 6.37. The number of halogens is 4. The number of rotatable bonds is 5. The Bertz CT molecular complexity index is 798. The molecule has 1 saturated heterocycles. The second-order valence-electron chi connectivity index (χ2n) is 7.34. The van der Waals surface area contributed by atoms with Crippen LogP contribution in [0.4, 0.5) is 8.78 Å². The van der Waals surface area contributed by atoms with Crippen LogP contribution in [-0.2, 0) is 16.9 Å². The maximum absolute atomic E-state index is 13.3. The summed E-state index contributed by atoms with van der Waals surface area (Å²) in [5, 5.41) is 3.06. The maximum atomic E-state index is 13.3. The highest BCUT2D eigenvalue weighted by atomic mass is 35.5. The summed E-state index contributed by atoms with van der Waals surface area (Å²) in [4.78, 5) is 14.8. The van der Waals surface area contributed by atoms with Crippen LogP contribution in [0, 0.1) is 11.6 Å². The molecular weight excluding hydrogens is 419 g/mol. The number of hydrogen-bond donors (Lipinski definition) is 2. The van der Waals surface area contributed by atoms with Crippen molar-refractivity contribution < 1.29 is 13.6 Å². The topological polar surface area (TPSA) is 58.4 Å². The molecule has 1 amide bonds. The number of nitrogens with one attached hydrogen (secondary N) is 1. The van der Waals surface area contributed by atoms with Crippen molar-refractivity contribution in [2.45, 2.75) is 37.9 Å². The van der Waals surface area contributed by atoms with Crippen LogP contribution in [0.3, 0.4) is 0 Å². The number of hydrogen-bond acceptors (Lipinski definition) is 3. The summed E-state index contributed by atoms with van der Waals surface area (Å²) in [5.74, 6) is -1.84. The first-order valence-electron chi connectivity index (χ1n) is 9.18. The monoisotopic (exact) mass is 445 g/mol. The Kier molecular flexibility index (Phi) is 9.49. The van der Waals surface area contributed by atoms with Crippen molar-refractivity contribution in [1.82, 2.24) is 10.2 Å². The Hall–Kier alpha value is -1.73. The Labute approximate surface area is 182 Å². The van der Waals surface area contributed by atoms with Crippen molar-refractivity contribution in [3.8, 4) is 0 Å². The lowest BCUT2D eigenvalue weighted by Gasteiger charge is -2.34. The fourth-order valence-corrected chi connectivity index (χ4v) is 3.38. The SMILES string of the molecule is CC(N)(C(=O)NC1CCN(Cc2ccc(F)c(F)c2)CC1)c1ccccc1.Cl.Cl. The molecule has 3 rings (SSSR count). The van der Waals surface area contributed by atoms with Crippen LogP contribution in [0.2, 0.25) is 0 Å². The molecule has 0 radical (unpaired) electrons. The molecule has 0 bridgehead atoms. The number of carbonyl (C=O) groups is 1. The highest BCUT2D eigenvalue weighted by Gasteiger charge is 2.32. The van der Waals surface area contributed by atoms with Crippen molar-refractivity contribution >= 4 is 30.7 Å². The van der Waals surface area contributed by atoms with Gasteiger partial charge in [0.05, 0.1) is 0 Å². The first-order chi connectivity index (χ1) is 12.9. The van der Waals surface area contributed by atoms with Crippen LogP contribution in [0.15, 0.2) is 48.5 Å². The first-order valence-corrected chi connectivity index (χ1v) is 9.18. The number of nitrogens with two attached hydrogens (primary N) is 1. The van der Waals surface area contributed by atoms with Crippen molar-refractivity contribution in [2.75, 3.05) is 13.1 Å². The van der Waals surface area contributed by atoms with E-state index in [1.165, 1.54) is 6.07 Å². The van der Waals surface area contributed by atoms with Gasteiger partial charge in [-0.2, -0.15) is 0 Å². The summed E-state index contributed by atoms with van der Waals surface area (Å²) in [6.07, 6.45) is 1.58. The summed E-state index contributed by atoms with van der Waals surface area (Å²) in [7, 11) is 0. The standard InChI is InChI=1S/C21H25F2N3O.2ClH/c1-21(24,16-5-3-2-4-6-16)20(27)25-17-9-11-26(12-10-17)14-15-7-8-18(22)19(23)13-15;;/h2-8,13,17H,9-12,14,24H2,1H3,(H,25,27);2*1H. The largest absolute Gasteiger partial charge is 0.351 e. The Morgan fingerprint density at radius 1 is 1.10 bits per heavy atom. The highest BCUT2D eigenvalue weighted by Crippen LogP contribution is 2.20. The van der Waals surface area contributed by atoms with Gasteiger partial charge >= 0.3 is 0 Å². The van der Waals surface area contributed by atoms with Gasteiger partial charge in [0.25, 0.3) is 0 Å². The minimum atomic E-state index is -1.08. The van der Waals surface area contributed by atoms with E-state index in [0.29, 0.717) is 6.54 Å². The summed E-state index contributed by atoms with van der Waals surface area (Å²) in [6, 6.07) is 13.4. The summed E-state index contributed by atoms with van der Waals surface area (Å²) in [5.41, 5.74) is 6.71. The van der Waals surface area contributed by atoms with Crippen LogP contribution >= 0.6 is 24.8 Å². The van der Waals surface area contributed by atoms with Crippen molar-refractivity contribution in [3.05, 3.63) is 71.3 Å². The number of likely N-dealkylation sites (tertiary alicyclic amines) is 1. The van der Waals surface area contributed by atoms with Gasteiger partial charge in [0.2, 0.25) is 5.91 Å². The highest BCUT2D eigenvalue weighted by molar-refractivity contribution is 5.87. The molecule has 4 nitrogen and oxygen atoms in total. The van der Waals surface area contributed by atoms with Crippen molar-refractivity contribution in [2.24, 2.45) is 5.73 Å². The minimum Gasteiger partial charge on any atom is -0.351 e. The zero-order chi connectivity index (χ0) is 19.4. The molecule has 1 fully saturated rings. The zero-order valence-corrected chi connectivity index (χ0v) is 17.9. The fourth-order valence-electron chi connectivity index (χ4n) is 3.38. The predicted molar refractivity (Wildman–Crippen MR) is 115 cm³/mol. The molecule has 29 heavy (non-hydrogen) atoms. The lowest BCUT2D eigenvalue weighted by molar-refractivity contribution is -0.127. The second-order valence-corrected chi connectivity index (χ2v) is 7.34. The number of carbonyl (C=O) groups excluding carboxylic acids is 1. The molecule has 2 aromatic rings. The van der Waals surface area contributed by atoms with Gasteiger partial charge in [0, 0.05) is 25.7 Å². The predicted octanol–water partition coefficient (Wildman–Crippen LogP) is 3.76. The van der Waals surface area contributed by atoms with Gasteiger partial charge in [0.15, 0.2) is 11.6 Å². The molecule has 1 aliphatic rings. The van der Waals surface area contributed by atoms with E-state index in [-0.39, 0.29) is 36.8 Å². The van der Waals surface area contributed by atoms with Crippen LogP contribution in [0.25, 0.3) is 0 Å². The van der Waals surface area contributed by atoms with E-state index in [4.69, 9.17) is 5.73 Å². The average molecular weight is 446 g/mol. The molecule has 0 saturated carbocycles. The van der Waals surface area contributed by atoms with Crippen LogP contribution in [0.5, 0.6) is 0 Å². The van der Waals surface area contributed by atoms with Crippen LogP contribution in [0.1, 0.15) is 30.9 Å². The molecule has 1 aliphatic heterocycles. The lowest BCUT2D eigenvalue weighted by Crippen LogP contribution is -2.54. The molecule has 1 atom stereocenters. The Balaban J connectivity index is 0.00000210. The van der Waals surface area contributed by atoms with E-state index >= 15 is 0 Å². The quantitative estimate of drug-likeness (QED) is 0.736. The number of piperidine rings is 1. The van der Waals surface area contributed by atoms with Gasteiger partial charge in [0.1, 0.15) is 5.54 Å².